The van der Waals surface area contributed by atoms with E-state index in [1.165, 1.54) is 18.4 Å². The summed E-state index contributed by atoms with van der Waals surface area (Å²) in [7, 11) is 1.94. The highest BCUT2D eigenvalue weighted by Gasteiger charge is 2.22. The van der Waals surface area contributed by atoms with Gasteiger partial charge in [-0.1, -0.05) is 30.5 Å². The third kappa shape index (κ3) is 3.39. The molecule has 3 rings (SSSR count). The molecule has 0 unspecified atom stereocenters. The van der Waals surface area contributed by atoms with E-state index in [0.717, 1.165) is 34.5 Å². The van der Waals surface area contributed by atoms with Gasteiger partial charge in [-0.05, 0) is 59.8 Å². The maximum absolute atomic E-state index is 6.13. The van der Waals surface area contributed by atoms with Crippen LogP contribution in [-0.4, -0.2) is 27.3 Å². The van der Waals surface area contributed by atoms with Crippen molar-refractivity contribution in [3.8, 4) is 0 Å². The van der Waals surface area contributed by atoms with Crippen LogP contribution in [0, 0.1) is 0 Å². The number of hydrogen-bond acceptors (Lipinski definition) is 5. The zero-order valence-electron chi connectivity index (χ0n) is 11.9. The molecule has 21 heavy (non-hydrogen) atoms. The van der Waals surface area contributed by atoms with E-state index in [2.05, 4.69) is 20.8 Å². The summed E-state index contributed by atoms with van der Waals surface area (Å²) >= 11 is 7.72. The molecule has 1 aliphatic carbocycles. The number of halogens is 1. The van der Waals surface area contributed by atoms with Gasteiger partial charge in [0.25, 0.3) is 0 Å². The molecular weight excluding hydrogens is 306 g/mol. The van der Waals surface area contributed by atoms with Crippen molar-refractivity contribution in [3.05, 3.63) is 28.8 Å². The molecule has 1 aliphatic rings. The summed E-state index contributed by atoms with van der Waals surface area (Å²) in [6.07, 6.45) is 4.85. The summed E-state index contributed by atoms with van der Waals surface area (Å²) in [5, 5.41) is 17.0. The Kier molecular flexibility index (Phi) is 4.77. The van der Waals surface area contributed by atoms with Gasteiger partial charge >= 0.3 is 0 Å². The van der Waals surface area contributed by atoms with E-state index in [-0.39, 0.29) is 0 Å². The molecule has 5 nitrogen and oxygen atoms in total. The SMILES string of the molecule is CNCc1ccc(Cl)cc1Sc1nnnn1C1CCCC1. The van der Waals surface area contributed by atoms with E-state index in [0.29, 0.717) is 6.04 Å². The average Bonchev–Trinajstić information content (AvgIpc) is 3.12. The molecule has 1 saturated carbocycles. The molecule has 0 spiro atoms. The van der Waals surface area contributed by atoms with Gasteiger partial charge in [-0.15, -0.1) is 5.10 Å². The van der Waals surface area contributed by atoms with E-state index in [1.807, 2.05) is 29.9 Å². The van der Waals surface area contributed by atoms with Gasteiger partial charge in [-0.2, -0.15) is 0 Å². The maximum Gasteiger partial charge on any atom is 0.214 e. The Labute approximate surface area is 133 Å². The third-order valence-electron chi connectivity index (χ3n) is 3.73. The van der Waals surface area contributed by atoms with Crippen LogP contribution in [0.15, 0.2) is 28.3 Å². The molecular formula is C14H18ClN5S. The summed E-state index contributed by atoms with van der Waals surface area (Å²) in [6.45, 7) is 0.796. The minimum Gasteiger partial charge on any atom is -0.316 e. The normalized spacial score (nSPS) is 15.7. The Hall–Kier alpha value is -1.11. The van der Waals surface area contributed by atoms with Crippen molar-refractivity contribution in [3.63, 3.8) is 0 Å². The number of hydrogen-bond donors (Lipinski definition) is 1. The fourth-order valence-electron chi connectivity index (χ4n) is 2.69. The van der Waals surface area contributed by atoms with Crippen molar-refractivity contribution in [2.75, 3.05) is 7.05 Å². The molecule has 1 fully saturated rings. The zero-order chi connectivity index (χ0) is 14.7. The highest BCUT2D eigenvalue weighted by Crippen LogP contribution is 2.35. The van der Waals surface area contributed by atoms with Crippen LogP contribution in [0.2, 0.25) is 5.02 Å². The molecule has 7 heteroatoms. The summed E-state index contributed by atoms with van der Waals surface area (Å²) in [4.78, 5) is 1.10. The molecule has 0 amide bonds. The van der Waals surface area contributed by atoms with Crippen molar-refractivity contribution < 1.29 is 0 Å². The van der Waals surface area contributed by atoms with Crippen LogP contribution in [0.4, 0.5) is 0 Å². The Morgan fingerprint density at radius 1 is 1.38 bits per heavy atom. The monoisotopic (exact) mass is 323 g/mol. The van der Waals surface area contributed by atoms with Crippen LogP contribution in [0.5, 0.6) is 0 Å². The van der Waals surface area contributed by atoms with E-state index in [4.69, 9.17) is 11.6 Å². The maximum atomic E-state index is 6.13. The highest BCUT2D eigenvalue weighted by molar-refractivity contribution is 7.99. The number of aromatic nitrogens is 4. The van der Waals surface area contributed by atoms with E-state index in [9.17, 15) is 0 Å². The first kappa shape index (κ1) is 14.8. The lowest BCUT2D eigenvalue weighted by molar-refractivity contribution is 0.423. The molecule has 1 heterocycles. The Morgan fingerprint density at radius 2 is 2.19 bits per heavy atom. The van der Waals surface area contributed by atoms with Crippen LogP contribution < -0.4 is 5.32 Å². The number of nitrogens with one attached hydrogen (secondary N) is 1. The first-order valence-electron chi connectivity index (χ1n) is 7.16. The van der Waals surface area contributed by atoms with Crippen molar-refractivity contribution in [1.82, 2.24) is 25.5 Å². The van der Waals surface area contributed by atoms with Crippen LogP contribution in [0.1, 0.15) is 37.3 Å². The van der Waals surface area contributed by atoms with Crippen molar-refractivity contribution >= 4 is 23.4 Å². The van der Waals surface area contributed by atoms with Gasteiger partial charge in [-0.3, -0.25) is 0 Å². The Balaban J connectivity index is 1.86. The van der Waals surface area contributed by atoms with Gasteiger partial charge in [0.2, 0.25) is 5.16 Å². The molecule has 0 radical (unpaired) electrons. The summed E-state index contributed by atoms with van der Waals surface area (Å²) in [6, 6.07) is 6.38. The van der Waals surface area contributed by atoms with E-state index < -0.39 is 0 Å². The first-order valence-corrected chi connectivity index (χ1v) is 8.36. The lowest BCUT2D eigenvalue weighted by atomic mass is 10.2. The van der Waals surface area contributed by atoms with Gasteiger partial charge in [0.15, 0.2) is 0 Å². The molecule has 2 aromatic rings. The minimum absolute atomic E-state index is 0.439. The molecule has 1 aromatic heterocycles. The highest BCUT2D eigenvalue weighted by atomic mass is 35.5. The lowest BCUT2D eigenvalue weighted by Crippen LogP contribution is -2.09. The van der Waals surface area contributed by atoms with Crippen LogP contribution in [0.25, 0.3) is 0 Å². The summed E-state index contributed by atoms with van der Waals surface area (Å²) < 4.78 is 1.97. The molecule has 112 valence electrons. The number of tetrazole rings is 1. The van der Waals surface area contributed by atoms with Gasteiger partial charge in [0, 0.05) is 16.5 Å². The number of nitrogens with zero attached hydrogens (tertiary/aromatic N) is 4. The number of benzene rings is 1. The first-order chi connectivity index (χ1) is 10.3. The van der Waals surface area contributed by atoms with Gasteiger partial charge in [0.1, 0.15) is 0 Å². The average molecular weight is 324 g/mol. The van der Waals surface area contributed by atoms with Crippen molar-refractivity contribution in [2.24, 2.45) is 0 Å². The zero-order valence-corrected chi connectivity index (χ0v) is 13.5. The van der Waals surface area contributed by atoms with Crippen LogP contribution in [-0.2, 0) is 6.54 Å². The van der Waals surface area contributed by atoms with Crippen molar-refractivity contribution in [1.29, 1.82) is 0 Å². The van der Waals surface area contributed by atoms with Gasteiger partial charge in [-0.25, -0.2) is 4.68 Å². The molecule has 1 aromatic carbocycles. The van der Waals surface area contributed by atoms with Crippen LogP contribution in [0.3, 0.4) is 0 Å². The second kappa shape index (κ2) is 6.77. The van der Waals surface area contributed by atoms with Gasteiger partial charge < -0.3 is 5.32 Å². The topological polar surface area (TPSA) is 55.6 Å². The smallest absolute Gasteiger partial charge is 0.214 e. The standard InChI is InChI=1S/C14H18ClN5S/c1-16-9-10-6-7-11(15)8-13(10)21-14-17-18-19-20(14)12-4-2-3-5-12/h6-8,12,16H,2-5,9H2,1H3. The quantitative estimate of drug-likeness (QED) is 0.914. The fraction of sp³-hybridized carbons (Fsp3) is 0.500. The molecule has 0 aliphatic heterocycles. The Morgan fingerprint density at radius 3 is 2.95 bits per heavy atom. The van der Waals surface area contributed by atoms with E-state index >= 15 is 0 Å². The minimum atomic E-state index is 0.439. The second-order valence-electron chi connectivity index (χ2n) is 5.23. The molecule has 0 bridgehead atoms. The molecule has 0 saturated heterocycles. The van der Waals surface area contributed by atoms with Gasteiger partial charge in [0.05, 0.1) is 6.04 Å². The van der Waals surface area contributed by atoms with Crippen molar-refractivity contribution in [2.45, 2.75) is 48.3 Å². The summed E-state index contributed by atoms with van der Waals surface area (Å²) in [5.74, 6) is 0. The molecule has 1 N–H and O–H groups in total. The third-order valence-corrected chi connectivity index (χ3v) is 5.02. The predicted molar refractivity (Wildman–Crippen MR) is 83.7 cm³/mol. The number of rotatable bonds is 5. The van der Waals surface area contributed by atoms with E-state index in [1.54, 1.807) is 11.8 Å². The predicted octanol–water partition coefficient (Wildman–Crippen LogP) is 3.31. The lowest BCUT2D eigenvalue weighted by Gasteiger charge is -2.12. The fourth-order valence-corrected chi connectivity index (χ4v) is 3.94. The largest absolute Gasteiger partial charge is 0.316 e. The Bertz CT molecular complexity index is 609. The second-order valence-corrected chi connectivity index (χ2v) is 6.67. The molecule has 0 atom stereocenters. The van der Waals surface area contributed by atoms with Crippen LogP contribution >= 0.6 is 23.4 Å². The summed E-state index contributed by atoms with van der Waals surface area (Å²) in [5.41, 5.74) is 1.20.